The Kier molecular flexibility index (Phi) is 4.94. The number of aromatic nitrogens is 1. The Bertz CT molecular complexity index is 1140. The van der Waals surface area contributed by atoms with Crippen molar-refractivity contribution >= 4 is 28.3 Å². The lowest BCUT2D eigenvalue weighted by atomic mass is 9.93. The van der Waals surface area contributed by atoms with Crippen molar-refractivity contribution in [2.24, 2.45) is 0 Å². The number of carbonyl (C=O) groups excluding carboxylic acids is 2. The van der Waals surface area contributed by atoms with Gasteiger partial charge in [0.25, 0.3) is 0 Å². The number of hydrogen-bond acceptors (Lipinski definition) is 5. The molecule has 3 aromatic rings. The predicted octanol–water partition coefficient (Wildman–Crippen LogP) is 4.58. The monoisotopic (exact) mass is 403 g/mol. The van der Waals surface area contributed by atoms with E-state index in [-0.39, 0.29) is 5.78 Å². The highest BCUT2D eigenvalue weighted by molar-refractivity contribution is 6.17. The van der Waals surface area contributed by atoms with E-state index >= 15 is 0 Å². The standard InChI is InChI=1S/C24H25N3O3/c1-15-12-21-16(9-11-27(21)26-23(29)30-24(2,3)4)13-20(15)22(28)19-7-5-6-17-14-25-10-8-18(17)19/h5-8,10,12-14H,9,11H2,1-4H3,(H,26,29). The van der Waals surface area contributed by atoms with Crippen LogP contribution in [0.1, 0.15) is 47.8 Å². The summed E-state index contributed by atoms with van der Waals surface area (Å²) in [4.78, 5) is 29.7. The van der Waals surface area contributed by atoms with Crippen LogP contribution in [0.3, 0.4) is 0 Å². The lowest BCUT2D eigenvalue weighted by Crippen LogP contribution is -2.44. The van der Waals surface area contributed by atoms with Gasteiger partial charge in [-0.15, -0.1) is 0 Å². The minimum absolute atomic E-state index is 0.00866. The number of rotatable bonds is 3. The van der Waals surface area contributed by atoms with E-state index < -0.39 is 11.7 Å². The van der Waals surface area contributed by atoms with Gasteiger partial charge >= 0.3 is 6.09 Å². The third kappa shape index (κ3) is 3.85. The minimum Gasteiger partial charge on any atom is -0.443 e. The number of fused-ring (bicyclic) bond motifs is 2. The van der Waals surface area contributed by atoms with Crippen molar-refractivity contribution in [1.29, 1.82) is 0 Å². The first-order valence-electron chi connectivity index (χ1n) is 10.0. The number of hydrazine groups is 1. The number of amides is 1. The molecule has 0 atom stereocenters. The fourth-order valence-electron chi connectivity index (χ4n) is 3.78. The van der Waals surface area contributed by atoms with Gasteiger partial charge in [-0.3, -0.25) is 14.8 Å². The lowest BCUT2D eigenvalue weighted by Gasteiger charge is -2.25. The molecule has 1 aromatic heterocycles. The van der Waals surface area contributed by atoms with E-state index in [1.54, 1.807) is 17.4 Å². The number of nitrogens with one attached hydrogen (secondary N) is 1. The summed E-state index contributed by atoms with van der Waals surface area (Å²) in [7, 11) is 0. The molecule has 4 rings (SSSR count). The van der Waals surface area contributed by atoms with Gasteiger partial charge in [-0.1, -0.05) is 18.2 Å². The van der Waals surface area contributed by atoms with Crippen LogP contribution in [-0.2, 0) is 11.2 Å². The van der Waals surface area contributed by atoms with Crippen molar-refractivity contribution in [2.45, 2.75) is 39.7 Å². The van der Waals surface area contributed by atoms with Crippen molar-refractivity contribution in [3.8, 4) is 0 Å². The normalized spacial score (nSPS) is 13.3. The van der Waals surface area contributed by atoms with Gasteiger partial charge in [-0.25, -0.2) is 10.2 Å². The van der Waals surface area contributed by atoms with Crippen molar-refractivity contribution in [3.05, 3.63) is 71.0 Å². The second-order valence-electron chi connectivity index (χ2n) is 8.54. The fourth-order valence-corrected chi connectivity index (χ4v) is 3.78. The summed E-state index contributed by atoms with van der Waals surface area (Å²) >= 11 is 0. The van der Waals surface area contributed by atoms with Crippen molar-refractivity contribution < 1.29 is 14.3 Å². The second-order valence-corrected chi connectivity index (χ2v) is 8.54. The number of hydrogen-bond donors (Lipinski definition) is 1. The SMILES string of the molecule is Cc1cc2c(cc1C(=O)c1cccc3cnccc13)CCN2NC(=O)OC(C)(C)C. The molecule has 0 saturated heterocycles. The van der Waals surface area contributed by atoms with Crippen LogP contribution < -0.4 is 10.4 Å². The first kappa shape index (κ1) is 19.9. The van der Waals surface area contributed by atoms with E-state index in [1.165, 1.54) is 0 Å². The van der Waals surface area contributed by atoms with Crippen molar-refractivity contribution in [3.63, 3.8) is 0 Å². The fraction of sp³-hybridized carbons (Fsp3) is 0.292. The van der Waals surface area contributed by atoms with Crippen LogP contribution in [0.15, 0.2) is 48.8 Å². The highest BCUT2D eigenvalue weighted by atomic mass is 16.6. The average molecular weight is 403 g/mol. The Morgan fingerprint density at radius 2 is 1.93 bits per heavy atom. The van der Waals surface area contributed by atoms with Crippen molar-refractivity contribution in [2.75, 3.05) is 11.6 Å². The molecule has 0 bridgehead atoms. The van der Waals surface area contributed by atoms with E-state index in [4.69, 9.17) is 4.74 Å². The number of anilines is 1. The van der Waals surface area contributed by atoms with Crippen LogP contribution in [0.4, 0.5) is 10.5 Å². The largest absolute Gasteiger partial charge is 0.443 e. The average Bonchev–Trinajstić information content (AvgIpc) is 3.06. The lowest BCUT2D eigenvalue weighted by molar-refractivity contribution is 0.0522. The van der Waals surface area contributed by atoms with Gasteiger partial charge in [0.2, 0.25) is 0 Å². The molecule has 2 aromatic carbocycles. The number of ether oxygens (including phenoxy) is 1. The zero-order valence-corrected chi connectivity index (χ0v) is 17.7. The molecule has 0 spiro atoms. The molecular formula is C24H25N3O3. The highest BCUT2D eigenvalue weighted by Gasteiger charge is 2.26. The summed E-state index contributed by atoms with van der Waals surface area (Å²) in [6.07, 6.45) is 3.72. The number of aryl methyl sites for hydroxylation is 1. The maximum absolute atomic E-state index is 13.4. The molecule has 0 fully saturated rings. The quantitative estimate of drug-likeness (QED) is 0.649. The van der Waals surface area contributed by atoms with Gasteiger partial charge in [-0.2, -0.15) is 0 Å². The van der Waals surface area contributed by atoms with Crippen molar-refractivity contribution in [1.82, 2.24) is 10.4 Å². The van der Waals surface area contributed by atoms with Crippen LogP contribution in [0.2, 0.25) is 0 Å². The number of benzene rings is 2. The molecule has 30 heavy (non-hydrogen) atoms. The van der Waals surface area contributed by atoms with Gasteiger partial charge < -0.3 is 4.74 Å². The molecule has 1 aliphatic rings. The summed E-state index contributed by atoms with van der Waals surface area (Å²) < 4.78 is 5.35. The topological polar surface area (TPSA) is 71.5 Å². The zero-order chi connectivity index (χ0) is 21.5. The van der Waals surface area contributed by atoms with Gasteiger partial charge in [0.1, 0.15) is 5.60 Å². The van der Waals surface area contributed by atoms with E-state index in [9.17, 15) is 9.59 Å². The van der Waals surface area contributed by atoms with Crippen LogP contribution in [0.25, 0.3) is 10.8 Å². The zero-order valence-electron chi connectivity index (χ0n) is 17.7. The summed E-state index contributed by atoms with van der Waals surface area (Å²) in [6, 6.07) is 11.5. The van der Waals surface area contributed by atoms with E-state index in [0.717, 1.165) is 34.0 Å². The Morgan fingerprint density at radius 1 is 1.13 bits per heavy atom. The van der Waals surface area contributed by atoms with E-state index in [0.29, 0.717) is 17.7 Å². The Morgan fingerprint density at radius 3 is 2.70 bits per heavy atom. The molecule has 0 aliphatic carbocycles. The smallest absolute Gasteiger partial charge is 0.426 e. The van der Waals surface area contributed by atoms with Crippen LogP contribution >= 0.6 is 0 Å². The Balaban J connectivity index is 1.63. The predicted molar refractivity (Wildman–Crippen MR) is 117 cm³/mol. The summed E-state index contributed by atoms with van der Waals surface area (Å²) in [5, 5.41) is 3.62. The summed E-state index contributed by atoms with van der Waals surface area (Å²) in [6.45, 7) is 8.04. The maximum Gasteiger partial charge on any atom is 0.426 e. The third-order valence-corrected chi connectivity index (χ3v) is 5.12. The van der Waals surface area contributed by atoms with E-state index in [1.807, 2.05) is 64.1 Å². The maximum atomic E-state index is 13.4. The number of ketones is 1. The Labute approximate surface area is 175 Å². The second kappa shape index (κ2) is 7.44. The van der Waals surface area contributed by atoms with Crippen LogP contribution in [-0.4, -0.2) is 29.0 Å². The number of pyridine rings is 1. The number of nitrogens with zero attached hydrogens (tertiary/aromatic N) is 2. The van der Waals surface area contributed by atoms with Gasteiger partial charge in [0.05, 0.1) is 5.69 Å². The molecule has 1 aliphatic heterocycles. The van der Waals surface area contributed by atoms with Gasteiger partial charge in [0.15, 0.2) is 5.78 Å². The first-order valence-corrected chi connectivity index (χ1v) is 10.0. The minimum atomic E-state index is -0.563. The summed E-state index contributed by atoms with van der Waals surface area (Å²) in [5.74, 6) is -0.00866. The van der Waals surface area contributed by atoms with Crippen LogP contribution in [0.5, 0.6) is 0 Å². The van der Waals surface area contributed by atoms with E-state index in [2.05, 4.69) is 10.4 Å². The molecule has 0 radical (unpaired) electrons. The Hall–Kier alpha value is -3.41. The van der Waals surface area contributed by atoms with Gasteiger partial charge in [0, 0.05) is 35.5 Å². The molecule has 6 heteroatoms. The van der Waals surface area contributed by atoms with Gasteiger partial charge in [-0.05, 0) is 68.8 Å². The molecule has 0 saturated carbocycles. The van der Waals surface area contributed by atoms with Crippen LogP contribution in [0, 0.1) is 6.92 Å². The highest BCUT2D eigenvalue weighted by Crippen LogP contribution is 2.32. The molecular weight excluding hydrogens is 378 g/mol. The first-order chi connectivity index (χ1) is 14.2. The molecule has 154 valence electrons. The third-order valence-electron chi connectivity index (χ3n) is 5.12. The molecule has 1 N–H and O–H groups in total. The molecule has 2 heterocycles. The molecule has 6 nitrogen and oxygen atoms in total. The molecule has 0 unspecified atom stereocenters. The number of carbonyl (C=O) groups is 2. The summed E-state index contributed by atoms with van der Waals surface area (Å²) in [5.41, 5.74) is 6.38. The molecule has 1 amide bonds.